The molecule has 0 atom stereocenters. The van der Waals surface area contributed by atoms with Crippen LogP contribution in [0.15, 0.2) is 55.1 Å². The summed E-state index contributed by atoms with van der Waals surface area (Å²) in [5, 5.41) is 0. The van der Waals surface area contributed by atoms with Gasteiger partial charge in [-0.2, -0.15) is 0 Å². The van der Waals surface area contributed by atoms with Crippen molar-refractivity contribution in [2.45, 2.75) is 39.5 Å². The van der Waals surface area contributed by atoms with Crippen LogP contribution in [0.1, 0.15) is 45.2 Å². The molecule has 0 radical (unpaired) electrons. The lowest BCUT2D eigenvalue weighted by molar-refractivity contribution is -0.132. The fourth-order valence-corrected chi connectivity index (χ4v) is 2.80. The largest absolute Gasteiger partial charge is 0.427 e. The third-order valence-electron chi connectivity index (χ3n) is 4.08. The highest BCUT2D eigenvalue weighted by Gasteiger charge is 2.22. The minimum Gasteiger partial charge on any atom is -0.427 e. The zero-order valence-corrected chi connectivity index (χ0v) is 15.7. The van der Waals surface area contributed by atoms with Gasteiger partial charge in [0.1, 0.15) is 11.5 Å². The number of ether oxygens (including phenoxy) is 2. The van der Waals surface area contributed by atoms with Gasteiger partial charge in [-0.25, -0.2) is 0 Å². The second-order valence-electron chi connectivity index (χ2n) is 6.90. The van der Waals surface area contributed by atoms with Crippen molar-refractivity contribution in [2.75, 3.05) is 0 Å². The summed E-state index contributed by atoms with van der Waals surface area (Å²) in [6.45, 7) is 11.3. The van der Waals surface area contributed by atoms with Gasteiger partial charge in [-0.15, -0.1) is 0 Å². The summed E-state index contributed by atoms with van der Waals surface area (Å²) in [5.74, 6) is 0.392. The van der Waals surface area contributed by atoms with Gasteiger partial charge in [0.05, 0.1) is 0 Å². The minimum absolute atomic E-state index is 0.138. The van der Waals surface area contributed by atoms with Gasteiger partial charge in [-0.05, 0) is 52.8 Å². The molecule has 4 nitrogen and oxygen atoms in total. The second kappa shape index (κ2) is 8.00. The molecule has 0 aromatic heterocycles. The van der Waals surface area contributed by atoms with Crippen molar-refractivity contribution in [1.82, 2.24) is 0 Å². The van der Waals surface area contributed by atoms with Crippen molar-refractivity contribution in [1.29, 1.82) is 0 Å². The van der Waals surface area contributed by atoms with Crippen LogP contribution in [0.25, 0.3) is 5.57 Å². The molecule has 0 spiro atoms. The molecule has 0 saturated carbocycles. The molecule has 0 fully saturated rings. The third-order valence-corrected chi connectivity index (χ3v) is 4.08. The predicted molar refractivity (Wildman–Crippen MR) is 102 cm³/mol. The van der Waals surface area contributed by atoms with Gasteiger partial charge in [-0.1, -0.05) is 44.7 Å². The van der Waals surface area contributed by atoms with Gasteiger partial charge < -0.3 is 9.47 Å². The van der Waals surface area contributed by atoms with Gasteiger partial charge in [0.2, 0.25) is 0 Å². The van der Waals surface area contributed by atoms with Gasteiger partial charge in [0.25, 0.3) is 0 Å². The van der Waals surface area contributed by atoms with E-state index in [1.165, 1.54) is 13.8 Å². The Bertz CT molecular complexity index is 799. The van der Waals surface area contributed by atoms with Crippen molar-refractivity contribution in [3.8, 4) is 11.5 Å². The molecule has 0 unspecified atom stereocenters. The normalized spacial score (nSPS) is 10.9. The van der Waals surface area contributed by atoms with Crippen molar-refractivity contribution in [2.24, 2.45) is 0 Å². The van der Waals surface area contributed by atoms with E-state index in [1.807, 2.05) is 24.3 Å². The number of benzene rings is 2. The fraction of sp³-hybridized carbons (Fsp3) is 0.273. The van der Waals surface area contributed by atoms with E-state index in [1.54, 1.807) is 24.3 Å². The van der Waals surface area contributed by atoms with E-state index in [9.17, 15) is 9.59 Å². The quantitative estimate of drug-likeness (QED) is 0.547. The van der Waals surface area contributed by atoms with E-state index in [4.69, 9.17) is 9.47 Å². The van der Waals surface area contributed by atoms with Crippen LogP contribution in [0.2, 0.25) is 0 Å². The molecule has 0 heterocycles. The Kier molecular flexibility index (Phi) is 5.98. The number of carbonyl (C=O) groups is 2. The zero-order chi connectivity index (χ0) is 19.3. The Labute approximate surface area is 154 Å². The number of hydrogen-bond donors (Lipinski definition) is 0. The monoisotopic (exact) mass is 352 g/mol. The second-order valence-corrected chi connectivity index (χ2v) is 6.90. The number of esters is 2. The first kappa shape index (κ1) is 19.4. The van der Waals surface area contributed by atoms with Crippen molar-refractivity contribution in [3.63, 3.8) is 0 Å². The highest BCUT2D eigenvalue weighted by molar-refractivity contribution is 5.70. The Hall–Kier alpha value is -2.88. The molecule has 0 amide bonds. The minimum atomic E-state index is -0.338. The molecule has 0 saturated heterocycles. The average Bonchev–Trinajstić information content (AvgIpc) is 2.54. The van der Waals surface area contributed by atoms with Crippen LogP contribution < -0.4 is 9.47 Å². The first-order chi connectivity index (χ1) is 12.2. The van der Waals surface area contributed by atoms with Gasteiger partial charge in [-0.3, -0.25) is 9.59 Å². The highest BCUT2D eigenvalue weighted by Crippen LogP contribution is 2.34. The van der Waals surface area contributed by atoms with Crippen LogP contribution >= 0.6 is 0 Å². The molecule has 0 aliphatic rings. The van der Waals surface area contributed by atoms with Crippen LogP contribution in [0, 0.1) is 0 Å². The molecule has 136 valence electrons. The molecule has 2 rings (SSSR count). The van der Waals surface area contributed by atoms with Crippen molar-refractivity contribution >= 4 is 17.5 Å². The smallest absolute Gasteiger partial charge is 0.308 e. The van der Waals surface area contributed by atoms with Crippen LogP contribution in [0.5, 0.6) is 11.5 Å². The van der Waals surface area contributed by atoms with Gasteiger partial charge in [0, 0.05) is 13.8 Å². The standard InChI is InChI=1S/C22H24O4/c1-15(18-6-10-20(11-7-18)25-16(2)23)14-22(4,5)19-8-12-21(13-9-19)26-17(3)24/h6-13H,1,14H2,2-5H3. The lowest BCUT2D eigenvalue weighted by Crippen LogP contribution is -2.17. The Morgan fingerprint density at radius 2 is 1.27 bits per heavy atom. The summed E-state index contributed by atoms with van der Waals surface area (Å²) >= 11 is 0. The number of hydrogen-bond acceptors (Lipinski definition) is 4. The van der Waals surface area contributed by atoms with Crippen LogP contribution in [-0.4, -0.2) is 11.9 Å². The Balaban J connectivity index is 2.08. The molecule has 0 N–H and O–H groups in total. The summed E-state index contributed by atoms with van der Waals surface area (Å²) in [6, 6.07) is 14.9. The topological polar surface area (TPSA) is 52.6 Å². The summed E-state index contributed by atoms with van der Waals surface area (Å²) in [7, 11) is 0. The summed E-state index contributed by atoms with van der Waals surface area (Å²) in [6.07, 6.45) is 0.757. The third kappa shape index (κ3) is 5.31. The van der Waals surface area contributed by atoms with Crippen LogP contribution in [-0.2, 0) is 15.0 Å². The van der Waals surface area contributed by atoms with E-state index in [2.05, 4.69) is 20.4 Å². The SMILES string of the molecule is C=C(CC(C)(C)c1ccc(OC(C)=O)cc1)c1ccc(OC(C)=O)cc1. The van der Waals surface area contributed by atoms with Gasteiger partial charge in [0.15, 0.2) is 0 Å². The Morgan fingerprint density at radius 3 is 1.69 bits per heavy atom. The lowest BCUT2D eigenvalue weighted by Gasteiger charge is -2.27. The van der Waals surface area contributed by atoms with Crippen molar-refractivity contribution < 1.29 is 19.1 Å². The summed E-state index contributed by atoms with van der Waals surface area (Å²) in [5.41, 5.74) is 2.99. The lowest BCUT2D eigenvalue weighted by atomic mass is 9.78. The fourth-order valence-electron chi connectivity index (χ4n) is 2.80. The maximum atomic E-state index is 11.0. The van der Waals surface area contributed by atoms with Crippen molar-refractivity contribution in [3.05, 3.63) is 66.2 Å². The van der Waals surface area contributed by atoms with Crippen LogP contribution in [0.3, 0.4) is 0 Å². The molecule has 0 aliphatic heterocycles. The molecule has 4 heteroatoms. The molecular formula is C22H24O4. The first-order valence-corrected chi connectivity index (χ1v) is 8.43. The average molecular weight is 352 g/mol. The summed E-state index contributed by atoms with van der Waals surface area (Å²) in [4.78, 5) is 22.0. The Morgan fingerprint density at radius 1 is 0.846 bits per heavy atom. The highest BCUT2D eigenvalue weighted by atomic mass is 16.5. The number of carbonyl (C=O) groups excluding carboxylic acids is 2. The van der Waals surface area contributed by atoms with E-state index in [0.29, 0.717) is 11.5 Å². The van der Waals surface area contributed by atoms with Crippen LogP contribution in [0.4, 0.5) is 0 Å². The zero-order valence-electron chi connectivity index (χ0n) is 15.7. The van der Waals surface area contributed by atoms with E-state index >= 15 is 0 Å². The maximum absolute atomic E-state index is 11.0. The van der Waals surface area contributed by atoms with E-state index < -0.39 is 0 Å². The molecule has 0 aliphatic carbocycles. The molecule has 2 aromatic carbocycles. The van der Waals surface area contributed by atoms with Gasteiger partial charge >= 0.3 is 11.9 Å². The molecule has 26 heavy (non-hydrogen) atoms. The van der Waals surface area contributed by atoms with E-state index in [0.717, 1.165) is 23.1 Å². The number of allylic oxidation sites excluding steroid dienone is 1. The van der Waals surface area contributed by atoms with E-state index in [-0.39, 0.29) is 17.4 Å². The summed E-state index contributed by atoms with van der Waals surface area (Å²) < 4.78 is 10.1. The molecular weight excluding hydrogens is 328 g/mol. The molecule has 0 bridgehead atoms. The predicted octanol–water partition coefficient (Wildman–Crippen LogP) is 4.92. The maximum Gasteiger partial charge on any atom is 0.308 e. The first-order valence-electron chi connectivity index (χ1n) is 8.43. The number of rotatable bonds is 6. The molecule has 2 aromatic rings.